The molecule has 0 spiro atoms. The highest BCUT2D eigenvalue weighted by Crippen LogP contribution is 2.14. The molecule has 0 fully saturated rings. The van der Waals surface area contributed by atoms with Crippen molar-refractivity contribution in [1.29, 1.82) is 0 Å². The normalized spacial score (nSPS) is 12.2. The Hall–Kier alpha value is -1.83. The molecule has 0 bridgehead atoms. The largest absolute Gasteiger partial charge is 0.134 e. The summed E-state index contributed by atoms with van der Waals surface area (Å²) in [4.78, 5) is 0. The predicted octanol–water partition coefficient (Wildman–Crippen LogP) is 4.64. The van der Waals surface area contributed by atoms with Crippen molar-refractivity contribution in [1.82, 2.24) is 0 Å². The molecule has 27 heavy (non-hydrogen) atoms. The maximum Gasteiger partial charge on any atom is 0.134 e. The molecule has 0 heterocycles. The summed E-state index contributed by atoms with van der Waals surface area (Å²) in [6.07, 6.45) is 2.13. The van der Waals surface area contributed by atoms with Gasteiger partial charge in [0.15, 0.2) is 0 Å². The van der Waals surface area contributed by atoms with Crippen LogP contribution in [0, 0.1) is 20.8 Å². The van der Waals surface area contributed by atoms with Gasteiger partial charge in [-0.1, -0.05) is 84.4 Å². The number of rotatable bonds is 5. The van der Waals surface area contributed by atoms with Crippen molar-refractivity contribution in [3.63, 3.8) is 0 Å². The molecule has 1 unspecified atom stereocenters. The fraction of sp³-hybridized carbons (Fsp3) is 0.280. The van der Waals surface area contributed by atoms with Crippen molar-refractivity contribution in [3.8, 4) is 0 Å². The van der Waals surface area contributed by atoms with Crippen LogP contribution < -0.4 is 15.6 Å². The molecule has 0 aliphatic carbocycles. The summed E-state index contributed by atoms with van der Waals surface area (Å²) in [5.74, 6) is 0. The van der Waals surface area contributed by atoms with E-state index in [1.54, 1.807) is 0 Å². The molecule has 0 radical (unpaired) electrons. The summed E-state index contributed by atoms with van der Waals surface area (Å²) >= 11 is 6.71. The zero-order valence-electron chi connectivity index (χ0n) is 17.1. The van der Waals surface area contributed by atoms with Gasteiger partial charge < -0.3 is 0 Å². The van der Waals surface area contributed by atoms with E-state index < -0.39 is 8.80 Å². The Morgan fingerprint density at radius 2 is 1.26 bits per heavy atom. The summed E-state index contributed by atoms with van der Waals surface area (Å²) < 4.78 is 0. The molecule has 3 rings (SSSR count). The number of benzene rings is 3. The van der Waals surface area contributed by atoms with E-state index in [-0.39, 0.29) is 0 Å². The van der Waals surface area contributed by atoms with Gasteiger partial charge in [0.1, 0.15) is 8.80 Å². The third-order valence-electron chi connectivity index (χ3n) is 5.72. The first-order valence-electron chi connectivity index (χ1n) is 9.89. The number of hydrogen-bond acceptors (Lipinski definition) is 0. The highest BCUT2D eigenvalue weighted by Gasteiger charge is 2.23. The van der Waals surface area contributed by atoms with Crippen LogP contribution in [-0.4, -0.2) is 8.80 Å². The molecule has 0 aliphatic rings. The van der Waals surface area contributed by atoms with E-state index in [4.69, 9.17) is 11.6 Å². The van der Waals surface area contributed by atoms with Gasteiger partial charge in [-0.3, -0.25) is 0 Å². The fourth-order valence-corrected chi connectivity index (χ4v) is 7.70. The predicted molar refractivity (Wildman–Crippen MR) is 123 cm³/mol. The lowest BCUT2D eigenvalue weighted by molar-refractivity contribution is 1.09. The molecule has 1 atom stereocenters. The summed E-state index contributed by atoms with van der Waals surface area (Å²) in [7, 11) is -1.64. The minimum absolute atomic E-state index is 0.894. The molecular formula is C25H29ClSi. The molecule has 0 saturated heterocycles. The second-order valence-electron chi connectivity index (χ2n) is 7.52. The van der Waals surface area contributed by atoms with Gasteiger partial charge in [0, 0.05) is 5.02 Å². The van der Waals surface area contributed by atoms with E-state index in [0.29, 0.717) is 0 Å². The molecular weight excluding hydrogens is 364 g/mol. The minimum atomic E-state index is -1.64. The van der Waals surface area contributed by atoms with Gasteiger partial charge in [0.2, 0.25) is 0 Å². The molecule has 0 N–H and O–H groups in total. The Kier molecular flexibility index (Phi) is 6.24. The fourth-order valence-electron chi connectivity index (χ4n) is 3.86. The lowest BCUT2D eigenvalue weighted by Crippen LogP contribution is -2.53. The van der Waals surface area contributed by atoms with Crippen LogP contribution in [0.25, 0.3) is 0 Å². The van der Waals surface area contributed by atoms with Crippen LogP contribution in [0.5, 0.6) is 0 Å². The van der Waals surface area contributed by atoms with E-state index >= 15 is 0 Å². The minimum Gasteiger partial charge on any atom is -0.0845 e. The second-order valence-corrected chi connectivity index (χ2v) is 10.8. The summed E-state index contributed by atoms with van der Waals surface area (Å²) in [5, 5.41) is 5.14. The topological polar surface area (TPSA) is 0 Å². The summed E-state index contributed by atoms with van der Waals surface area (Å²) in [6.45, 7) is 11.1. The summed E-state index contributed by atoms with van der Waals surface area (Å²) in [6, 6.07) is 20.4. The molecule has 0 amide bonds. The van der Waals surface area contributed by atoms with E-state index in [1.807, 2.05) is 12.1 Å². The molecule has 3 aromatic rings. The summed E-state index contributed by atoms with van der Waals surface area (Å²) in [5.41, 5.74) is 6.99. The number of halogens is 1. The molecule has 2 heteroatoms. The number of aryl methyl sites for hydroxylation is 4. The van der Waals surface area contributed by atoms with Crippen LogP contribution >= 0.6 is 11.6 Å². The van der Waals surface area contributed by atoms with Crippen molar-refractivity contribution in [2.24, 2.45) is 0 Å². The van der Waals surface area contributed by atoms with Gasteiger partial charge in [-0.25, -0.2) is 0 Å². The number of hydrogen-bond donors (Lipinski definition) is 0. The van der Waals surface area contributed by atoms with Gasteiger partial charge in [-0.2, -0.15) is 0 Å². The Morgan fingerprint density at radius 3 is 1.78 bits per heavy atom. The van der Waals surface area contributed by atoms with Crippen LogP contribution in [-0.2, 0) is 12.8 Å². The zero-order chi connectivity index (χ0) is 19.6. The Morgan fingerprint density at radius 1 is 0.741 bits per heavy atom. The standard InChI is InChI=1S/C25H29ClSi/c1-6-20-14-21(7-2)16-23(15-20)27(25-11-9-8-10-24(25)26)22-12-17(3)19(5)18(4)13-22/h8-16,27H,6-7H2,1-5H3. The van der Waals surface area contributed by atoms with Crippen molar-refractivity contribution < 1.29 is 0 Å². The maximum absolute atomic E-state index is 6.71. The molecule has 0 aliphatic heterocycles. The SMILES string of the molecule is CCc1cc(CC)cc([SiH](c2cc(C)c(C)c(C)c2)c2ccccc2Cl)c1. The van der Waals surface area contributed by atoms with E-state index in [0.717, 1.165) is 17.9 Å². The van der Waals surface area contributed by atoms with E-state index in [9.17, 15) is 0 Å². The third-order valence-corrected chi connectivity index (χ3v) is 9.38. The molecule has 0 saturated carbocycles. The molecule has 140 valence electrons. The lowest BCUT2D eigenvalue weighted by atomic mass is 10.1. The Bertz CT molecular complexity index is 913. The molecule has 0 nitrogen and oxygen atoms in total. The third kappa shape index (κ3) is 4.20. The van der Waals surface area contributed by atoms with Gasteiger partial charge in [0.25, 0.3) is 0 Å². The highest BCUT2D eigenvalue weighted by atomic mass is 35.5. The maximum atomic E-state index is 6.71. The molecule has 3 aromatic carbocycles. The van der Waals surface area contributed by atoms with Crippen LogP contribution in [0.3, 0.4) is 0 Å². The second kappa shape index (κ2) is 8.46. The molecule has 0 aromatic heterocycles. The van der Waals surface area contributed by atoms with Crippen molar-refractivity contribution in [2.75, 3.05) is 0 Å². The smallest absolute Gasteiger partial charge is 0.0845 e. The van der Waals surface area contributed by atoms with Crippen molar-refractivity contribution in [3.05, 3.63) is 87.4 Å². The van der Waals surface area contributed by atoms with Gasteiger partial charge in [-0.15, -0.1) is 0 Å². The lowest BCUT2D eigenvalue weighted by Gasteiger charge is -2.22. The first kappa shape index (κ1) is 19.9. The van der Waals surface area contributed by atoms with Gasteiger partial charge >= 0.3 is 0 Å². The van der Waals surface area contributed by atoms with Gasteiger partial charge in [-0.05, 0) is 72.7 Å². The van der Waals surface area contributed by atoms with Crippen LogP contribution in [0.4, 0.5) is 0 Å². The van der Waals surface area contributed by atoms with E-state index in [1.165, 1.54) is 43.4 Å². The van der Waals surface area contributed by atoms with E-state index in [2.05, 4.69) is 77.1 Å². The monoisotopic (exact) mass is 392 g/mol. The van der Waals surface area contributed by atoms with Crippen LogP contribution in [0.1, 0.15) is 41.7 Å². The first-order chi connectivity index (χ1) is 12.9. The van der Waals surface area contributed by atoms with Crippen molar-refractivity contribution >= 4 is 36.0 Å². The first-order valence-corrected chi connectivity index (χ1v) is 12.0. The Labute approximate surface area is 170 Å². The van der Waals surface area contributed by atoms with Gasteiger partial charge in [0.05, 0.1) is 0 Å². The highest BCUT2D eigenvalue weighted by molar-refractivity contribution is 6.96. The van der Waals surface area contributed by atoms with Crippen molar-refractivity contribution in [2.45, 2.75) is 47.5 Å². The van der Waals surface area contributed by atoms with Crippen LogP contribution in [0.15, 0.2) is 54.6 Å². The zero-order valence-corrected chi connectivity index (χ0v) is 19.0. The van der Waals surface area contributed by atoms with Crippen LogP contribution in [0.2, 0.25) is 5.02 Å². The Balaban J connectivity index is 2.28. The average Bonchev–Trinajstić information content (AvgIpc) is 2.67. The quantitative estimate of drug-likeness (QED) is 0.438. The average molecular weight is 393 g/mol.